The number of imidazole rings is 1. The van der Waals surface area contributed by atoms with E-state index in [1.807, 2.05) is 54.2 Å². The van der Waals surface area contributed by atoms with E-state index in [2.05, 4.69) is 41.1 Å². The number of aryl methyl sites for hydroxylation is 1. The number of carbonyl (C=O) groups excluding carboxylic acids is 1. The van der Waals surface area contributed by atoms with Gasteiger partial charge in [0.25, 0.3) is 5.91 Å². The van der Waals surface area contributed by atoms with Crippen LogP contribution in [0.25, 0.3) is 5.65 Å². The molecule has 7 nitrogen and oxygen atoms in total. The molecule has 0 spiro atoms. The number of carbonyl (C=O) groups is 1. The Morgan fingerprint density at radius 3 is 2.66 bits per heavy atom. The van der Waals surface area contributed by atoms with Gasteiger partial charge in [0.15, 0.2) is 0 Å². The summed E-state index contributed by atoms with van der Waals surface area (Å²) in [6, 6.07) is 19.8. The van der Waals surface area contributed by atoms with Crippen LogP contribution in [0.5, 0.6) is 5.75 Å². The van der Waals surface area contributed by atoms with Gasteiger partial charge in [0, 0.05) is 50.3 Å². The smallest absolute Gasteiger partial charge is 0.254 e. The molecule has 0 unspecified atom stereocenters. The van der Waals surface area contributed by atoms with Gasteiger partial charge in [-0.2, -0.15) is 0 Å². The van der Waals surface area contributed by atoms with Crippen molar-refractivity contribution in [2.45, 2.75) is 20.1 Å². The molecule has 2 aromatic carbocycles. The predicted molar refractivity (Wildman–Crippen MR) is 136 cm³/mol. The van der Waals surface area contributed by atoms with Gasteiger partial charge >= 0.3 is 0 Å². The zero-order valence-electron chi connectivity index (χ0n) is 20.2. The van der Waals surface area contributed by atoms with Crippen molar-refractivity contribution in [1.82, 2.24) is 14.3 Å². The minimum Gasteiger partial charge on any atom is -0.487 e. The van der Waals surface area contributed by atoms with E-state index in [-0.39, 0.29) is 5.91 Å². The van der Waals surface area contributed by atoms with Gasteiger partial charge in [-0.15, -0.1) is 0 Å². The average Bonchev–Trinajstić information content (AvgIpc) is 3.30. The number of ether oxygens (including phenoxy) is 2. The summed E-state index contributed by atoms with van der Waals surface area (Å²) in [6.07, 6.45) is 4.01. The fourth-order valence-corrected chi connectivity index (χ4v) is 4.30. The topological polar surface area (TPSA) is 59.3 Å². The normalized spacial score (nSPS) is 13.7. The molecule has 1 aliphatic rings. The number of pyridine rings is 1. The largest absolute Gasteiger partial charge is 0.487 e. The Balaban J connectivity index is 1.19. The van der Waals surface area contributed by atoms with Crippen molar-refractivity contribution >= 4 is 17.2 Å². The Bertz CT molecular complexity index is 1310. The van der Waals surface area contributed by atoms with Gasteiger partial charge in [-0.05, 0) is 54.4 Å². The first-order valence-corrected chi connectivity index (χ1v) is 11.9. The highest BCUT2D eigenvalue weighted by Crippen LogP contribution is 2.20. The Kier molecular flexibility index (Phi) is 6.68. The van der Waals surface area contributed by atoms with E-state index in [1.165, 1.54) is 11.3 Å². The monoisotopic (exact) mass is 470 g/mol. The van der Waals surface area contributed by atoms with Gasteiger partial charge < -0.3 is 23.7 Å². The molecule has 1 saturated heterocycles. The Hall–Kier alpha value is -3.84. The summed E-state index contributed by atoms with van der Waals surface area (Å²) in [5.74, 6) is 0.600. The number of nitrogens with zero attached hydrogens (tertiary/aromatic N) is 4. The third-order valence-electron chi connectivity index (χ3n) is 6.20. The standard InChI is InChI=1S/C28H30N4O3/c1-21-6-11-27-29-24(19-32(27)17-21)20-35-26-5-3-4-23(16-26)28(33)30(2)18-22-7-9-25(10-8-22)31-12-14-34-15-13-31/h3-11,16-17,19H,12-15,18,20H2,1-2H3. The highest BCUT2D eigenvalue weighted by Gasteiger charge is 2.15. The summed E-state index contributed by atoms with van der Waals surface area (Å²) in [7, 11) is 1.82. The molecule has 3 heterocycles. The van der Waals surface area contributed by atoms with E-state index >= 15 is 0 Å². The number of amides is 1. The summed E-state index contributed by atoms with van der Waals surface area (Å²) >= 11 is 0. The molecule has 180 valence electrons. The lowest BCUT2D eigenvalue weighted by molar-refractivity contribution is 0.0784. The second kappa shape index (κ2) is 10.2. The molecule has 35 heavy (non-hydrogen) atoms. The third kappa shape index (κ3) is 5.46. The van der Waals surface area contributed by atoms with Crippen molar-refractivity contribution in [2.24, 2.45) is 0 Å². The van der Waals surface area contributed by atoms with Crippen molar-refractivity contribution in [3.05, 3.63) is 95.4 Å². The zero-order chi connectivity index (χ0) is 24.2. The SMILES string of the molecule is Cc1ccc2nc(COc3cccc(C(=O)N(C)Cc4ccc(N5CCOCC5)cc4)c3)cn2c1. The Labute approximate surface area is 205 Å². The Morgan fingerprint density at radius 2 is 1.86 bits per heavy atom. The number of morpholine rings is 1. The number of benzene rings is 2. The Morgan fingerprint density at radius 1 is 1.06 bits per heavy atom. The maximum Gasteiger partial charge on any atom is 0.254 e. The number of rotatable bonds is 7. The van der Waals surface area contributed by atoms with E-state index in [0.717, 1.165) is 43.2 Å². The van der Waals surface area contributed by atoms with Gasteiger partial charge in [0.2, 0.25) is 0 Å². The number of anilines is 1. The minimum atomic E-state index is -0.0455. The van der Waals surface area contributed by atoms with Crippen LogP contribution >= 0.6 is 0 Å². The maximum absolute atomic E-state index is 13.1. The molecule has 7 heteroatoms. The molecular weight excluding hydrogens is 440 g/mol. The van der Waals surface area contributed by atoms with E-state index in [4.69, 9.17) is 9.47 Å². The van der Waals surface area contributed by atoms with Crippen LogP contribution in [-0.2, 0) is 17.9 Å². The van der Waals surface area contributed by atoms with E-state index in [0.29, 0.717) is 24.5 Å². The van der Waals surface area contributed by atoms with Crippen LogP contribution in [0.1, 0.15) is 27.2 Å². The molecule has 5 rings (SSSR count). The first kappa shape index (κ1) is 22.9. The molecule has 0 atom stereocenters. The second-order valence-corrected chi connectivity index (χ2v) is 8.95. The van der Waals surface area contributed by atoms with E-state index < -0.39 is 0 Å². The van der Waals surface area contributed by atoms with Crippen molar-refractivity contribution in [1.29, 1.82) is 0 Å². The zero-order valence-corrected chi connectivity index (χ0v) is 20.2. The molecule has 0 saturated carbocycles. The molecule has 0 bridgehead atoms. The first-order valence-electron chi connectivity index (χ1n) is 11.9. The van der Waals surface area contributed by atoms with Gasteiger partial charge in [-0.25, -0.2) is 4.98 Å². The van der Waals surface area contributed by atoms with Crippen LogP contribution in [0.15, 0.2) is 73.1 Å². The highest BCUT2D eigenvalue weighted by molar-refractivity contribution is 5.94. The van der Waals surface area contributed by atoms with E-state index in [9.17, 15) is 4.79 Å². The lowest BCUT2D eigenvalue weighted by Crippen LogP contribution is -2.36. The van der Waals surface area contributed by atoms with Gasteiger partial charge in [0.05, 0.1) is 18.9 Å². The number of hydrogen-bond acceptors (Lipinski definition) is 5. The van der Waals surface area contributed by atoms with Crippen LogP contribution in [0, 0.1) is 6.92 Å². The van der Waals surface area contributed by atoms with Gasteiger partial charge in [-0.1, -0.05) is 24.3 Å². The summed E-state index contributed by atoms with van der Waals surface area (Å²) in [6.45, 7) is 6.27. The van der Waals surface area contributed by atoms with Crippen molar-refractivity contribution in [3.8, 4) is 5.75 Å². The molecule has 0 aliphatic carbocycles. The summed E-state index contributed by atoms with van der Waals surface area (Å²) in [5, 5.41) is 0. The fraction of sp³-hybridized carbons (Fsp3) is 0.286. The van der Waals surface area contributed by atoms with Crippen LogP contribution < -0.4 is 9.64 Å². The number of hydrogen-bond donors (Lipinski definition) is 0. The summed E-state index contributed by atoms with van der Waals surface area (Å²) in [4.78, 5) is 21.7. The third-order valence-corrected chi connectivity index (χ3v) is 6.20. The molecule has 0 radical (unpaired) electrons. The first-order chi connectivity index (χ1) is 17.0. The summed E-state index contributed by atoms with van der Waals surface area (Å²) in [5.41, 5.74) is 5.78. The fourth-order valence-electron chi connectivity index (χ4n) is 4.30. The quantitative estimate of drug-likeness (QED) is 0.402. The lowest BCUT2D eigenvalue weighted by atomic mass is 10.1. The summed E-state index contributed by atoms with van der Waals surface area (Å²) < 4.78 is 13.4. The van der Waals surface area contributed by atoms with Crippen LogP contribution in [-0.4, -0.2) is 53.5 Å². The second-order valence-electron chi connectivity index (χ2n) is 8.95. The van der Waals surface area contributed by atoms with Crippen molar-refractivity contribution in [2.75, 3.05) is 38.3 Å². The minimum absolute atomic E-state index is 0.0455. The molecule has 2 aromatic heterocycles. The highest BCUT2D eigenvalue weighted by atomic mass is 16.5. The molecule has 1 aliphatic heterocycles. The van der Waals surface area contributed by atoms with Crippen LogP contribution in [0.4, 0.5) is 5.69 Å². The molecule has 1 amide bonds. The van der Waals surface area contributed by atoms with Crippen LogP contribution in [0.3, 0.4) is 0 Å². The van der Waals surface area contributed by atoms with E-state index in [1.54, 1.807) is 11.0 Å². The lowest BCUT2D eigenvalue weighted by Gasteiger charge is -2.29. The molecule has 1 fully saturated rings. The van der Waals surface area contributed by atoms with Crippen LogP contribution in [0.2, 0.25) is 0 Å². The number of fused-ring (bicyclic) bond motifs is 1. The van der Waals surface area contributed by atoms with Gasteiger partial charge in [0.1, 0.15) is 18.0 Å². The van der Waals surface area contributed by atoms with Crippen molar-refractivity contribution < 1.29 is 14.3 Å². The van der Waals surface area contributed by atoms with Crippen molar-refractivity contribution in [3.63, 3.8) is 0 Å². The average molecular weight is 471 g/mol. The molecule has 0 N–H and O–H groups in total. The molecular formula is C28H30N4O3. The van der Waals surface area contributed by atoms with Gasteiger partial charge in [-0.3, -0.25) is 4.79 Å². The predicted octanol–water partition coefficient (Wildman–Crippen LogP) is 4.33. The number of aromatic nitrogens is 2. The maximum atomic E-state index is 13.1. The molecule has 4 aromatic rings.